The van der Waals surface area contributed by atoms with Gasteiger partial charge in [-0.05, 0) is 18.6 Å². The molecule has 1 spiro atoms. The molecule has 0 aliphatic carbocycles. The molecule has 1 aromatic rings. The van der Waals surface area contributed by atoms with Crippen LogP contribution in [0.25, 0.3) is 0 Å². The van der Waals surface area contributed by atoms with Gasteiger partial charge in [0.15, 0.2) is 5.79 Å². The van der Waals surface area contributed by atoms with Gasteiger partial charge < -0.3 is 9.47 Å². The average Bonchev–Trinajstić information content (AvgIpc) is 2.49. The van der Waals surface area contributed by atoms with Crippen LogP contribution in [0.2, 0.25) is 5.02 Å². The number of nitrogens with zero attached hydrogens (tertiary/aromatic N) is 1. The highest BCUT2D eigenvalue weighted by Gasteiger charge is 2.41. The van der Waals surface area contributed by atoms with Crippen LogP contribution in [-0.4, -0.2) is 44.8 Å². The van der Waals surface area contributed by atoms with Gasteiger partial charge in [0, 0.05) is 25.9 Å². The first kappa shape index (κ1) is 15.2. The van der Waals surface area contributed by atoms with E-state index in [2.05, 4.69) is 0 Å². The lowest BCUT2D eigenvalue weighted by molar-refractivity contribution is -0.280. The number of sulfonamides is 1. The summed E-state index contributed by atoms with van der Waals surface area (Å²) in [4.78, 5) is 0.160. The van der Waals surface area contributed by atoms with E-state index in [9.17, 15) is 8.42 Å². The molecule has 5 nitrogen and oxygen atoms in total. The number of benzene rings is 1. The molecule has 2 fully saturated rings. The molecule has 3 rings (SSSR count). The quantitative estimate of drug-likeness (QED) is 0.834. The van der Waals surface area contributed by atoms with Gasteiger partial charge in [-0.15, -0.1) is 0 Å². The second-order valence-corrected chi connectivity index (χ2v) is 7.61. The molecule has 7 heteroatoms. The van der Waals surface area contributed by atoms with Gasteiger partial charge in [-0.2, -0.15) is 4.31 Å². The molecule has 2 saturated heterocycles. The molecular weight excluding hydrogens is 314 g/mol. The number of ether oxygens (including phenoxy) is 2. The van der Waals surface area contributed by atoms with E-state index in [0.717, 1.165) is 6.42 Å². The topological polar surface area (TPSA) is 55.8 Å². The average molecular weight is 332 g/mol. The summed E-state index contributed by atoms with van der Waals surface area (Å²) in [5.74, 6) is -0.593. The van der Waals surface area contributed by atoms with E-state index in [-0.39, 0.29) is 9.92 Å². The minimum Gasteiger partial charge on any atom is -0.350 e. The summed E-state index contributed by atoms with van der Waals surface area (Å²) in [6.45, 7) is 2.12. The number of hydrogen-bond donors (Lipinski definition) is 0. The third-order valence-corrected chi connectivity index (χ3v) is 6.36. The Bertz CT molecular complexity index is 603. The number of piperidine rings is 1. The molecule has 116 valence electrons. The first-order chi connectivity index (χ1) is 10.0. The zero-order valence-corrected chi connectivity index (χ0v) is 13.2. The minimum absolute atomic E-state index is 0.160. The van der Waals surface area contributed by atoms with Crippen LogP contribution < -0.4 is 0 Å². The fraction of sp³-hybridized carbons (Fsp3) is 0.571. The minimum atomic E-state index is -3.56. The van der Waals surface area contributed by atoms with Crippen molar-refractivity contribution in [1.29, 1.82) is 0 Å². The molecule has 2 aliphatic heterocycles. The molecule has 0 saturated carbocycles. The maximum absolute atomic E-state index is 12.6. The fourth-order valence-electron chi connectivity index (χ4n) is 2.77. The molecular formula is C14H18ClNO4S. The Morgan fingerprint density at radius 3 is 2.33 bits per heavy atom. The standard InChI is InChI=1S/C14H18ClNO4S/c15-12-4-1-2-5-13(12)21(17,18)16-8-6-14(7-9-16)19-10-3-11-20-14/h1-2,4-5H,3,6-11H2. The molecule has 21 heavy (non-hydrogen) atoms. The summed E-state index contributed by atoms with van der Waals surface area (Å²) >= 11 is 6.01. The maximum atomic E-state index is 12.6. The normalized spacial score (nSPS) is 23.3. The van der Waals surface area contributed by atoms with E-state index in [4.69, 9.17) is 21.1 Å². The Balaban J connectivity index is 1.76. The summed E-state index contributed by atoms with van der Waals surface area (Å²) in [7, 11) is -3.56. The van der Waals surface area contributed by atoms with Crippen molar-refractivity contribution in [2.45, 2.75) is 29.9 Å². The van der Waals surface area contributed by atoms with Gasteiger partial charge in [0.1, 0.15) is 4.90 Å². The van der Waals surface area contributed by atoms with Crippen LogP contribution in [0.4, 0.5) is 0 Å². The lowest BCUT2D eigenvalue weighted by Gasteiger charge is -2.42. The van der Waals surface area contributed by atoms with Crippen molar-refractivity contribution in [1.82, 2.24) is 4.31 Å². The molecule has 0 unspecified atom stereocenters. The van der Waals surface area contributed by atoms with Crippen LogP contribution >= 0.6 is 11.6 Å². The van der Waals surface area contributed by atoms with Gasteiger partial charge in [0.2, 0.25) is 10.0 Å². The summed E-state index contributed by atoms with van der Waals surface area (Å²) in [5.41, 5.74) is 0. The van der Waals surface area contributed by atoms with Crippen molar-refractivity contribution in [2.24, 2.45) is 0 Å². The van der Waals surface area contributed by atoms with Crippen LogP contribution in [-0.2, 0) is 19.5 Å². The first-order valence-electron chi connectivity index (χ1n) is 7.06. The predicted molar refractivity (Wildman–Crippen MR) is 78.7 cm³/mol. The third kappa shape index (κ3) is 2.96. The molecule has 0 radical (unpaired) electrons. The summed E-state index contributed by atoms with van der Waals surface area (Å²) in [5, 5.41) is 0.253. The van der Waals surface area contributed by atoms with Crippen molar-refractivity contribution in [3.8, 4) is 0 Å². The molecule has 1 aromatic carbocycles. The monoisotopic (exact) mass is 331 g/mol. The van der Waals surface area contributed by atoms with Gasteiger partial charge in [0.05, 0.1) is 18.2 Å². The van der Waals surface area contributed by atoms with Crippen molar-refractivity contribution in [2.75, 3.05) is 26.3 Å². The highest BCUT2D eigenvalue weighted by Crippen LogP contribution is 2.34. The van der Waals surface area contributed by atoms with E-state index in [1.54, 1.807) is 18.2 Å². The van der Waals surface area contributed by atoms with Gasteiger partial charge in [0.25, 0.3) is 0 Å². The van der Waals surface area contributed by atoms with E-state index >= 15 is 0 Å². The zero-order valence-electron chi connectivity index (χ0n) is 11.6. The van der Waals surface area contributed by atoms with E-state index < -0.39 is 15.8 Å². The van der Waals surface area contributed by atoms with Gasteiger partial charge >= 0.3 is 0 Å². The van der Waals surface area contributed by atoms with Crippen molar-refractivity contribution in [3.05, 3.63) is 29.3 Å². The second kappa shape index (κ2) is 5.85. The highest BCUT2D eigenvalue weighted by molar-refractivity contribution is 7.89. The lowest BCUT2D eigenvalue weighted by atomic mass is 10.0. The van der Waals surface area contributed by atoms with Gasteiger partial charge in [-0.25, -0.2) is 8.42 Å². The van der Waals surface area contributed by atoms with Crippen molar-refractivity contribution < 1.29 is 17.9 Å². The Hall–Kier alpha value is -0.660. The molecule has 0 atom stereocenters. The maximum Gasteiger partial charge on any atom is 0.244 e. The third-order valence-electron chi connectivity index (χ3n) is 3.96. The van der Waals surface area contributed by atoms with E-state index in [1.807, 2.05) is 0 Å². The zero-order chi connectivity index (χ0) is 14.9. The SMILES string of the molecule is O=S(=O)(c1ccccc1Cl)N1CCC2(CC1)OCCCO2. The summed E-state index contributed by atoms with van der Waals surface area (Å²) < 4.78 is 38.2. The Labute approximate surface area is 129 Å². The van der Waals surface area contributed by atoms with Crippen LogP contribution in [0.5, 0.6) is 0 Å². The fourth-order valence-corrected chi connectivity index (χ4v) is 4.70. The molecule has 0 amide bonds. The molecule has 0 N–H and O–H groups in total. The van der Waals surface area contributed by atoms with Crippen LogP contribution in [0.3, 0.4) is 0 Å². The van der Waals surface area contributed by atoms with E-state index in [1.165, 1.54) is 10.4 Å². The Kier molecular flexibility index (Phi) is 4.25. The second-order valence-electron chi connectivity index (χ2n) is 5.30. The van der Waals surface area contributed by atoms with Crippen molar-refractivity contribution in [3.63, 3.8) is 0 Å². The van der Waals surface area contributed by atoms with Crippen LogP contribution in [0.1, 0.15) is 19.3 Å². The largest absolute Gasteiger partial charge is 0.350 e. The molecule has 2 heterocycles. The highest BCUT2D eigenvalue weighted by atomic mass is 35.5. The van der Waals surface area contributed by atoms with E-state index in [0.29, 0.717) is 39.1 Å². The molecule has 2 aliphatic rings. The molecule has 0 aromatic heterocycles. The summed E-state index contributed by atoms with van der Waals surface area (Å²) in [6.07, 6.45) is 2.00. The predicted octanol–water partition coefficient (Wildman–Crippen LogP) is 2.26. The Morgan fingerprint density at radius 1 is 1.10 bits per heavy atom. The number of hydrogen-bond acceptors (Lipinski definition) is 4. The smallest absolute Gasteiger partial charge is 0.244 e. The summed E-state index contributed by atoms with van der Waals surface area (Å²) in [6, 6.07) is 6.52. The van der Waals surface area contributed by atoms with Crippen LogP contribution in [0, 0.1) is 0 Å². The lowest BCUT2D eigenvalue weighted by Crippen LogP contribution is -2.51. The van der Waals surface area contributed by atoms with Crippen LogP contribution in [0.15, 0.2) is 29.2 Å². The number of halogens is 1. The van der Waals surface area contributed by atoms with Gasteiger partial charge in [-0.1, -0.05) is 23.7 Å². The number of rotatable bonds is 2. The first-order valence-corrected chi connectivity index (χ1v) is 8.88. The van der Waals surface area contributed by atoms with Gasteiger partial charge in [-0.3, -0.25) is 0 Å². The Morgan fingerprint density at radius 2 is 1.71 bits per heavy atom. The van der Waals surface area contributed by atoms with Crippen molar-refractivity contribution >= 4 is 21.6 Å². The molecule has 0 bridgehead atoms.